The number of nitrogens with one attached hydrogen (secondary N) is 1. The van der Waals surface area contributed by atoms with Gasteiger partial charge in [0.05, 0.1) is 25.4 Å². The molecule has 0 rings (SSSR count). The van der Waals surface area contributed by atoms with Crippen LogP contribution in [0.5, 0.6) is 0 Å². The van der Waals surface area contributed by atoms with Crippen LogP contribution in [-0.4, -0.2) is 47.4 Å². The lowest BCUT2D eigenvalue weighted by Crippen LogP contribution is -2.45. The molecule has 2 unspecified atom stereocenters. The first-order valence-electron chi connectivity index (χ1n) is 37.9. The van der Waals surface area contributed by atoms with Gasteiger partial charge >= 0.3 is 5.97 Å². The number of aliphatic hydroxyl groups is 2. The third kappa shape index (κ3) is 67.7. The zero-order valence-electron chi connectivity index (χ0n) is 56.0. The number of aliphatic hydroxyl groups excluding tert-OH is 2. The maximum absolute atomic E-state index is 12.5. The zero-order chi connectivity index (χ0) is 59.2. The molecule has 0 aromatic carbocycles. The Balaban J connectivity index is 3.28. The Bertz CT molecular complexity index is 1240. The summed E-state index contributed by atoms with van der Waals surface area (Å²) in [6, 6.07) is -0.536. The highest BCUT2D eigenvalue weighted by molar-refractivity contribution is 5.76. The summed E-state index contributed by atoms with van der Waals surface area (Å²) in [5.74, 6) is -0.0115. The van der Waals surface area contributed by atoms with E-state index < -0.39 is 12.1 Å². The fourth-order valence-electron chi connectivity index (χ4n) is 12.3. The van der Waals surface area contributed by atoms with E-state index >= 15 is 0 Å². The van der Waals surface area contributed by atoms with E-state index in [-0.39, 0.29) is 18.5 Å². The van der Waals surface area contributed by atoms with Crippen molar-refractivity contribution in [2.75, 3.05) is 13.2 Å². The number of allylic oxidation sites excluding steroid dienone is 2. The van der Waals surface area contributed by atoms with Crippen molar-refractivity contribution in [3.63, 3.8) is 0 Å². The van der Waals surface area contributed by atoms with Gasteiger partial charge in [-0.2, -0.15) is 0 Å². The number of ether oxygens (including phenoxy) is 1. The van der Waals surface area contributed by atoms with Crippen molar-refractivity contribution in [3.05, 3.63) is 12.2 Å². The van der Waals surface area contributed by atoms with E-state index in [0.29, 0.717) is 25.9 Å². The van der Waals surface area contributed by atoms with Crippen molar-refractivity contribution in [2.24, 2.45) is 0 Å². The van der Waals surface area contributed by atoms with Crippen molar-refractivity contribution < 1.29 is 24.5 Å². The lowest BCUT2D eigenvalue weighted by atomic mass is 10.0. The molecule has 1 amide bonds. The highest BCUT2D eigenvalue weighted by Gasteiger charge is 2.20. The summed E-state index contributed by atoms with van der Waals surface area (Å²) in [6.07, 6.45) is 90.2. The number of hydrogen-bond donors (Lipinski definition) is 3. The monoisotopic (exact) mass is 1160 g/mol. The van der Waals surface area contributed by atoms with Crippen LogP contribution in [0.25, 0.3) is 0 Å². The molecule has 0 saturated carbocycles. The summed E-state index contributed by atoms with van der Waals surface area (Å²) in [6.45, 7) is 4.96. The van der Waals surface area contributed by atoms with Crippen LogP contribution in [0.1, 0.15) is 438 Å². The Kier molecular flexibility index (Phi) is 70.8. The molecule has 0 aliphatic carbocycles. The van der Waals surface area contributed by atoms with Crippen LogP contribution in [0.2, 0.25) is 0 Å². The minimum atomic E-state index is -0.659. The van der Waals surface area contributed by atoms with E-state index in [1.165, 1.54) is 360 Å². The molecule has 0 saturated heterocycles. The highest BCUT2D eigenvalue weighted by atomic mass is 16.5. The Morgan fingerprint density at radius 1 is 0.329 bits per heavy atom. The van der Waals surface area contributed by atoms with Crippen LogP contribution in [0.15, 0.2) is 12.2 Å². The number of hydrogen-bond acceptors (Lipinski definition) is 5. The average molecular weight is 1160 g/mol. The summed E-state index contributed by atoms with van der Waals surface area (Å²) >= 11 is 0. The van der Waals surface area contributed by atoms with Crippen LogP contribution >= 0.6 is 0 Å². The van der Waals surface area contributed by atoms with Gasteiger partial charge in [0.1, 0.15) is 0 Å². The number of carbonyl (C=O) groups excluding carboxylic acids is 2. The van der Waals surface area contributed by atoms with E-state index in [1.807, 2.05) is 0 Å². The maximum Gasteiger partial charge on any atom is 0.305 e. The quantitative estimate of drug-likeness (QED) is 0.0320. The van der Waals surface area contributed by atoms with E-state index in [9.17, 15) is 19.8 Å². The molecular weight excluding hydrogens is 1010 g/mol. The number of esters is 1. The highest BCUT2D eigenvalue weighted by Crippen LogP contribution is 2.20. The maximum atomic E-state index is 12.5. The van der Waals surface area contributed by atoms with Crippen molar-refractivity contribution in [1.29, 1.82) is 0 Å². The number of carbonyl (C=O) groups is 2. The lowest BCUT2D eigenvalue weighted by molar-refractivity contribution is -0.143. The summed E-state index contributed by atoms with van der Waals surface area (Å²) in [5, 5.41) is 23.4. The first kappa shape index (κ1) is 80.6. The molecule has 0 bridgehead atoms. The Morgan fingerprint density at radius 3 is 0.902 bits per heavy atom. The minimum Gasteiger partial charge on any atom is -0.466 e. The third-order valence-corrected chi connectivity index (χ3v) is 18.1. The molecule has 82 heavy (non-hydrogen) atoms. The van der Waals surface area contributed by atoms with Gasteiger partial charge in [-0.05, 0) is 44.9 Å². The van der Waals surface area contributed by atoms with Gasteiger partial charge in [-0.1, -0.05) is 392 Å². The third-order valence-electron chi connectivity index (χ3n) is 18.1. The number of rotatable bonds is 72. The van der Waals surface area contributed by atoms with E-state index in [2.05, 4.69) is 31.3 Å². The lowest BCUT2D eigenvalue weighted by Gasteiger charge is -2.22. The van der Waals surface area contributed by atoms with Gasteiger partial charge in [-0.15, -0.1) is 0 Å². The second-order valence-electron chi connectivity index (χ2n) is 26.3. The average Bonchev–Trinajstić information content (AvgIpc) is 3.48. The van der Waals surface area contributed by atoms with Gasteiger partial charge in [0.15, 0.2) is 0 Å². The Labute approximate surface area is 514 Å². The topological polar surface area (TPSA) is 95.9 Å². The van der Waals surface area contributed by atoms with Crippen molar-refractivity contribution in [3.8, 4) is 0 Å². The van der Waals surface area contributed by atoms with Crippen LogP contribution in [-0.2, 0) is 14.3 Å². The molecule has 6 heteroatoms. The Hall–Kier alpha value is -1.40. The zero-order valence-corrected chi connectivity index (χ0v) is 56.0. The first-order chi connectivity index (χ1) is 40.5. The molecule has 0 aromatic heterocycles. The Morgan fingerprint density at radius 2 is 0.585 bits per heavy atom. The van der Waals surface area contributed by atoms with E-state index in [1.54, 1.807) is 0 Å². The predicted molar refractivity (Wildman–Crippen MR) is 361 cm³/mol. The van der Waals surface area contributed by atoms with Crippen molar-refractivity contribution >= 4 is 11.9 Å². The van der Waals surface area contributed by atoms with Gasteiger partial charge in [-0.3, -0.25) is 9.59 Å². The molecule has 0 spiro atoms. The van der Waals surface area contributed by atoms with Gasteiger partial charge in [-0.25, -0.2) is 0 Å². The molecule has 488 valence electrons. The standard InChI is InChI=1S/C76H149NO5/c1-3-5-7-9-11-13-15-16-42-45-49-52-56-60-64-68-74(79)73(72-78)77-75(80)69-65-61-57-53-50-46-43-40-38-36-34-32-30-28-26-24-22-20-18-17-19-21-23-25-27-29-31-33-35-37-39-41-44-47-51-55-59-63-67-71-82-76(81)70-66-62-58-54-48-14-12-10-8-6-4-2/h10,12,73-74,78-79H,3-9,11,13-72H2,1-2H3,(H,77,80)/b12-10-. The molecule has 0 aromatic rings. The van der Waals surface area contributed by atoms with Gasteiger partial charge in [0, 0.05) is 12.8 Å². The predicted octanol–water partition coefficient (Wildman–Crippen LogP) is 24.7. The van der Waals surface area contributed by atoms with Crippen LogP contribution in [0.3, 0.4) is 0 Å². The van der Waals surface area contributed by atoms with Crippen LogP contribution in [0, 0.1) is 0 Å². The molecule has 2 atom stereocenters. The SMILES string of the molecule is CCCC/C=C\CCCCCCCC(=O)OCCCCCCCCCCCCCCCCCCCCCCCCCCCCCCCCCCCCCCCCCC(=O)NC(CO)C(O)CCCCCCCCCCCCCCCCC. The number of unbranched alkanes of at least 4 members (excludes halogenated alkanes) is 59. The van der Waals surface area contributed by atoms with E-state index in [0.717, 1.165) is 44.9 Å². The molecule has 0 aliphatic rings. The summed E-state index contributed by atoms with van der Waals surface area (Å²) in [7, 11) is 0. The van der Waals surface area contributed by atoms with Crippen molar-refractivity contribution in [2.45, 2.75) is 450 Å². The number of amides is 1. The molecular formula is C76H149NO5. The molecule has 0 aliphatic heterocycles. The normalized spacial score (nSPS) is 12.5. The fourth-order valence-corrected chi connectivity index (χ4v) is 12.3. The summed E-state index contributed by atoms with van der Waals surface area (Å²) in [4.78, 5) is 24.5. The van der Waals surface area contributed by atoms with Gasteiger partial charge in [0.25, 0.3) is 0 Å². The molecule has 0 fully saturated rings. The largest absolute Gasteiger partial charge is 0.466 e. The second-order valence-corrected chi connectivity index (χ2v) is 26.3. The molecule has 0 heterocycles. The van der Waals surface area contributed by atoms with Crippen LogP contribution in [0.4, 0.5) is 0 Å². The molecule has 6 nitrogen and oxygen atoms in total. The van der Waals surface area contributed by atoms with E-state index in [4.69, 9.17) is 4.74 Å². The second kappa shape index (κ2) is 72.1. The first-order valence-corrected chi connectivity index (χ1v) is 37.9. The molecule has 3 N–H and O–H groups in total. The molecule has 0 radical (unpaired) electrons. The van der Waals surface area contributed by atoms with Gasteiger partial charge < -0.3 is 20.3 Å². The fraction of sp³-hybridized carbons (Fsp3) is 0.947. The van der Waals surface area contributed by atoms with Crippen molar-refractivity contribution in [1.82, 2.24) is 5.32 Å². The smallest absolute Gasteiger partial charge is 0.305 e. The van der Waals surface area contributed by atoms with Crippen LogP contribution < -0.4 is 5.32 Å². The summed E-state index contributed by atoms with van der Waals surface area (Å²) < 4.78 is 5.47. The summed E-state index contributed by atoms with van der Waals surface area (Å²) in [5.41, 5.74) is 0. The minimum absolute atomic E-state index is 0.0136. The van der Waals surface area contributed by atoms with Gasteiger partial charge in [0.2, 0.25) is 5.91 Å².